The molecule has 0 aromatic carbocycles. The van der Waals surface area contributed by atoms with Crippen LogP contribution in [-0.4, -0.2) is 35.9 Å². The van der Waals surface area contributed by atoms with Crippen molar-refractivity contribution in [1.82, 2.24) is 19.9 Å². The molecule has 6 heteroatoms. The average molecular weight is 214 g/mol. The van der Waals surface area contributed by atoms with Gasteiger partial charge in [-0.25, -0.2) is 0 Å². The summed E-state index contributed by atoms with van der Waals surface area (Å²) in [6, 6.07) is 0. The van der Waals surface area contributed by atoms with Gasteiger partial charge < -0.3 is 0 Å². The topological polar surface area (TPSA) is 74.4 Å². The number of H-pyrrole nitrogens is 2. The van der Waals surface area contributed by atoms with Gasteiger partial charge in [0.1, 0.15) is 0 Å². The van der Waals surface area contributed by atoms with Crippen molar-refractivity contribution in [3.05, 3.63) is 16.7 Å². The van der Waals surface area contributed by atoms with Crippen LogP contribution < -0.4 is 10.3 Å². The summed E-state index contributed by atoms with van der Waals surface area (Å²) in [7, 11) is 0. The first-order valence-electron chi connectivity index (χ1n) is 2.88. The molecule has 2 heterocycles. The summed E-state index contributed by atoms with van der Waals surface area (Å²) in [5, 5.41) is 0. The number of aromatic amines is 2. The van der Waals surface area contributed by atoms with Crippen molar-refractivity contribution in [3.63, 3.8) is 0 Å². The second kappa shape index (κ2) is 2.18. The van der Waals surface area contributed by atoms with Crippen LogP contribution in [-0.2, 0) is 0 Å². The zero-order valence-corrected chi connectivity index (χ0v) is 7.00. The number of imidazole rings is 1. The van der Waals surface area contributed by atoms with Crippen LogP contribution in [0.3, 0.4) is 0 Å². The molecule has 2 rings (SSSR count). The SMILES string of the molecule is O=c1[nH]cnc2nc([Se])[nH]c12. The Morgan fingerprint density at radius 2 is 2.36 bits per heavy atom. The summed E-state index contributed by atoms with van der Waals surface area (Å²) in [4.78, 5) is 24.0. The van der Waals surface area contributed by atoms with Gasteiger partial charge in [0.2, 0.25) is 0 Å². The van der Waals surface area contributed by atoms with Gasteiger partial charge in [0.15, 0.2) is 0 Å². The second-order valence-electron chi connectivity index (χ2n) is 1.97. The molecule has 2 aromatic heterocycles. The summed E-state index contributed by atoms with van der Waals surface area (Å²) in [6.07, 6.45) is 1.32. The Bertz CT molecular complexity index is 445. The molecule has 0 aliphatic carbocycles. The van der Waals surface area contributed by atoms with E-state index in [1.165, 1.54) is 6.33 Å². The van der Waals surface area contributed by atoms with E-state index in [4.69, 9.17) is 0 Å². The van der Waals surface area contributed by atoms with Gasteiger partial charge in [0, 0.05) is 0 Å². The van der Waals surface area contributed by atoms with Crippen LogP contribution in [0.15, 0.2) is 11.1 Å². The third-order valence-electron chi connectivity index (χ3n) is 1.27. The Labute approximate surface area is 69.1 Å². The molecule has 1 radical (unpaired) electrons. The van der Waals surface area contributed by atoms with Gasteiger partial charge in [-0.2, -0.15) is 0 Å². The number of hydrogen-bond donors (Lipinski definition) is 2. The number of fused-ring (bicyclic) bond motifs is 1. The molecule has 0 aliphatic heterocycles. The fourth-order valence-electron chi connectivity index (χ4n) is 0.819. The van der Waals surface area contributed by atoms with Gasteiger partial charge in [-0.3, -0.25) is 0 Å². The summed E-state index contributed by atoms with van der Waals surface area (Å²) in [6.45, 7) is 0. The normalized spacial score (nSPS) is 10.5. The van der Waals surface area contributed by atoms with Gasteiger partial charge in [-0.05, 0) is 0 Å². The molecule has 0 spiro atoms. The molecule has 0 fully saturated rings. The summed E-state index contributed by atoms with van der Waals surface area (Å²) < 4.78 is 0.573. The molecule has 11 heavy (non-hydrogen) atoms. The quantitative estimate of drug-likeness (QED) is 0.521. The van der Waals surface area contributed by atoms with E-state index in [-0.39, 0.29) is 5.56 Å². The van der Waals surface area contributed by atoms with Gasteiger partial charge in [0.25, 0.3) is 0 Å². The minimum absolute atomic E-state index is 0.205. The monoisotopic (exact) mass is 215 g/mol. The van der Waals surface area contributed by atoms with Gasteiger partial charge in [-0.15, -0.1) is 0 Å². The first-order chi connectivity index (χ1) is 5.27. The molecular weight excluding hydrogens is 211 g/mol. The number of aromatic nitrogens is 4. The summed E-state index contributed by atoms with van der Waals surface area (Å²) in [5.74, 6) is 0. The van der Waals surface area contributed by atoms with E-state index < -0.39 is 0 Å². The van der Waals surface area contributed by atoms with E-state index in [1.54, 1.807) is 0 Å². The zero-order chi connectivity index (χ0) is 7.84. The molecule has 0 bridgehead atoms. The third-order valence-corrected chi connectivity index (χ3v) is 1.68. The molecule has 0 unspecified atom stereocenters. The second-order valence-corrected chi connectivity index (χ2v) is 2.78. The number of nitrogens with one attached hydrogen (secondary N) is 2. The standard InChI is InChI=1S/C5H3N4OSe/c10-4-2-3(6-1-7-4)9-5(11)8-2/h1H,(H2,6,7,8,9,10). The van der Waals surface area contributed by atoms with Crippen molar-refractivity contribution in [3.8, 4) is 0 Å². The fraction of sp³-hybridized carbons (Fsp3) is 0. The van der Waals surface area contributed by atoms with Crippen LogP contribution >= 0.6 is 0 Å². The number of nitrogens with zero attached hydrogens (tertiary/aromatic N) is 2. The molecule has 0 aliphatic rings. The molecule has 5 nitrogen and oxygen atoms in total. The van der Waals surface area contributed by atoms with Crippen molar-refractivity contribution in [2.75, 3.05) is 0 Å². The molecular formula is C5H3N4OSe. The van der Waals surface area contributed by atoms with Crippen LogP contribution in [0.1, 0.15) is 0 Å². The van der Waals surface area contributed by atoms with E-state index in [9.17, 15) is 4.79 Å². The molecule has 2 N–H and O–H groups in total. The maximum absolute atomic E-state index is 11.0. The molecule has 0 amide bonds. The van der Waals surface area contributed by atoms with Crippen molar-refractivity contribution in [1.29, 1.82) is 0 Å². The van der Waals surface area contributed by atoms with Crippen LogP contribution in [0, 0.1) is 0 Å². The number of rotatable bonds is 0. The Kier molecular flexibility index (Phi) is 1.30. The Balaban J connectivity index is 3.02. The fourth-order valence-corrected chi connectivity index (χ4v) is 1.21. The van der Waals surface area contributed by atoms with Crippen LogP contribution in [0.2, 0.25) is 0 Å². The van der Waals surface area contributed by atoms with Gasteiger partial charge in [-0.1, -0.05) is 0 Å². The summed E-state index contributed by atoms with van der Waals surface area (Å²) in [5.41, 5.74) is 0.632. The predicted molar refractivity (Wildman–Crippen MR) is 39.9 cm³/mol. The molecule has 0 atom stereocenters. The van der Waals surface area contributed by atoms with Crippen molar-refractivity contribution >= 4 is 31.9 Å². The molecule has 0 saturated heterocycles. The van der Waals surface area contributed by atoms with Gasteiger partial charge >= 0.3 is 68.5 Å². The molecule has 2 aromatic rings. The van der Waals surface area contributed by atoms with E-state index >= 15 is 0 Å². The molecule has 0 saturated carbocycles. The Morgan fingerprint density at radius 3 is 3.09 bits per heavy atom. The van der Waals surface area contributed by atoms with Crippen LogP contribution in [0.4, 0.5) is 0 Å². The first-order valence-corrected chi connectivity index (χ1v) is 3.73. The van der Waals surface area contributed by atoms with E-state index in [0.29, 0.717) is 15.9 Å². The Hall–Kier alpha value is -1.13. The zero-order valence-electron chi connectivity index (χ0n) is 5.29. The third kappa shape index (κ3) is 0.961. The Morgan fingerprint density at radius 1 is 1.55 bits per heavy atom. The van der Waals surface area contributed by atoms with Crippen LogP contribution in [0.5, 0.6) is 0 Å². The van der Waals surface area contributed by atoms with E-state index in [1.807, 2.05) is 0 Å². The first kappa shape index (κ1) is 6.57. The van der Waals surface area contributed by atoms with Crippen molar-refractivity contribution < 1.29 is 0 Å². The van der Waals surface area contributed by atoms with Gasteiger partial charge in [0.05, 0.1) is 0 Å². The van der Waals surface area contributed by atoms with E-state index in [0.717, 1.165) is 0 Å². The molecule has 55 valence electrons. The number of hydrogen-bond acceptors (Lipinski definition) is 3. The summed E-state index contributed by atoms with van der Waals surface area (Å²) >= 11 is 2.66. The van der Waals surface area contributed by atoms with Crippen LogP contribution in [0.25, 0.3) is 11.2 Å². The predicted octanol–water partition coefficient (Wildman–Crippen LogP) is -1.56. The maximum atomic E-state index is 11.0. The van der Waals surface area contributed by atoms with Crippen molar-refractivity contribution in [2.24, 2.45) is 0 Å². The average Bonchev–Trinajstić information content (AvgIpc) is 2.31. The van der Waals surface area contributed by atoms with E-state index in [2.05, 4.69) is 35.9 Å². The minimum atomic E-state index is -0.205. The van der Waals surface area contributed by atoms with Crippen molar-refractivity contribution in [2.45, 2.75) is 0 Å².